The highest BCUT2D eigenvalue weighted by Gasteiger charge is 2.21. The number of nitrogens with zero attached hydrogens (tertiary/aromatic N) is 2. The normalized spacial score (nSPS) is 16.1. The third-order valence-electron chi connectivity index (χ3n) is 4.52. The zero-order valence-corrected chi connectivity index (χ0v) is 13.7. The first kappa shape index (κ1) is 15.4. The zero-order valence-electron chi connectivity index (χ0n) is 13.7. The van der Waals surface area contributed by atoms with Crippen LogP contribution in [0.25, 0.3) is 11.1 Å². The molecule has 0 saturated heterocycles. The average Bonchev–Trinajstić information content (AvgIpc) is 3.10. The van der Waals surface area contributed by atoms with Gasteiger partial charge >= 0.3 is 6.03 Å². The van der Waals surface area contributed by atoms with Gasteiger partial charge in [0.1, 0.15) is 0 Å². The number of H-pyrrole nitrogens is 1. The summed E-state index contributed by atoms with van der Waals surface area (Å²) in [5.41, 5.74) is 5.15. The Balaban J connectivity index is 1.45. The predicted molar refractivity (Wildman–Crippen MR) is 96.2 cm³/mol. The number of benzene rings is 1. The Morgan fingerprint density at radius 2 is 2.00 bits per heavy atom. The van der Waals surface area contributed by atoms with Crippen molar-refractivity contribution in [1.82, 2.24) is 20.5 Å². The van der Waals surface area contributed by atoms with Gasteiger partial charge in [-0.2, -0.15) is 5.10 Å². The van der Waals surface area contributed by atoms with E-state index in [1.165, 1.54) is 11.3 Å². The topological polar surface area (TPSA) is 82.7 Å². The molecule has 6 nitrogen and oxygen atoms in total. The second-order valence-corrected chi connectivity index (χ2v) is 6.19. The number of aromatic amines is 1. The average molecular weight is 333 g/mol. The second-order valence-electron chi connectivity index (χ2n) is 6.19. The molecule has 1 unspecified atom stereocenters. The highest BCUT2D eigenvalue weighted by atomic mass is 16.2. The van der Waals surface area contributed by atoms with E-state index in [0.29, 0.717) is 0 Å². The van der Waals surface area contributed by atoms with Gasteiger partial charge in [-0.1, -0.05) is 18.2 Å². The first-order chi connectivity index (χ1) is 12.3. The molecule has 2 heterocycles. The van der Waals surface area contributed by atoms with Gasteiger partial charge in [-0.3, -0.25) is 10.1 Å². The van der Waals surface area contributed by atoms with Crippen molar-refractivity contribution in [2.45, 2.75) is 25.3 Å². The van der Waals surface area contributed by atoms with Gasteiger partial charge in [-0.15, -0.1) is 0 Å². The molecular formula is C19H19N5O. The van der Waals surface area contributed by atoms with E-state index in [9.17, 15) is 4.79 Å². The number of hydrogen-bond donors (Lipinski definition) is 3. The number of anilines is 1. The summed E-state index contributed by atoms with van der Waals surface area (Å²) in [6, 6.07) is 11.6. The van der Waals surface area contributed by atoms with Gasteiger partial charge < -0.3 is 10.6 Å². The zero-order chi connectivity index (χ0) is 17.1. The van der Waals surface area contributed by atoms with Gasteiger partial charge in [0.2, 0.25) is 0 Å². The minimum atomic E-state index is -0.182. The fraction of sp³-hybridized carbons (Fsp3) is 0.211. The second kappa shape index (κ2) is 6.76. The van der Waals surface area contributed by atoms with E-state index >= 15 is 0 Å². The number of carbonyl (C=O) groups excluding carboxylic acids is 1. The minimum absolute atomic E-state index is 0.123. The van der Waals surface area contributed by atoms with Gasteiger partial charge in [-0.05, 0) is 48.6 Å². The van der Waals surface area contributed by atoms with Crippen LogP contribution in [0.2, 0.25) is 0 Å². The van der Waals surface area contributed by atoms with Crippen molar-refractivity contribution < 1.29 is 4.79 Å². The number of urea groups is 1. The van der Waals surface area contributed by atoms with Crippen molar-refractivity contribution in [3.05, 3.63) is 66.2 Å². The van der Waals surface area contributed by atoms with Gasteiger partial charge in [0, 0.05) is 29.7 Å². The molecule has 1 aliphatic carbocycles. The molecule has 0 fully saturated rings. The van der Waals surface area contributed by atoms with Crippen LogP contribution in [0.4, 0.5) is 10.5 Å². The van der Waals surface area contributed by atoms with Gasteiger partial charge in [0.05, 0.1) is 11.9 Å². The standard InChI is InChI=1S/C19H19N5O/c25-19(22-15-5-6-17-14(11-15)12-21-24-17)23-18-4-2-1-3-16(18)13-7-9-20-10-8-13/h1-4,7-10,12,15H,5-6,11H2,(H,21,24)(H2,22,23,25). The Hall–Kier alpha value is -3.15. The van der Waals surface area contributed by atoms with Crippen LogP contribution in [0.15, 0.2) is 55.0 Å². The Labute approximate surface area is 145 Å². The number of pyridine rings is 1. The van der Waals surface area contributed by atoms with Crippen molar-refractivity contribution in [2.75, 3.05) is 5.32 Å². The summed E-state index contributed by atoms with van der Waals surface area (Å²) in [6.45, 7) is 0. The number of aryl methyl sites for hydroxylation is 1. The van der Waals surface area contributed by atoms with Crippen molar-refractivity contribution in [2.24, 2.45) is 0 Å². The third-order valence-corrected chi connectivity index (χ3v) is 4.52. The van der Waals surface area contributed by atoms with Crippen molar-refractivity contribution >= 4 is 11.7 Å². The fourth-order valence-corrected chi connectivity index (χ4v) is 3.26. The fourth-order valence-electron chi connectivity index (χ4n) is 3.26. The van der Waals surface area contributed by atoms with Gasteiger partial charge in [0.15, 0.2) is 0 Å². The Morgan fingerprint density at radius 3 is 2.88 bits per heavy atom. The van der Waals surface area contributed by atoms with E-state index in [-0.39, 0.29) is 12.1 Å². The first-order valence-corrected chi connectivity index (χ1v) is 8.37. The van der Waals surface area contributed by atoms with E-state index in [1.807, 2.05) is 42.6 Å². The number of amides is 2. The summed E-state index contributed by atoms with van der Waals surface area (Å²) >= 11 is 0. The lowest BCUT2D eigenvalue weighted by molar-refractivity contribution is 0.247. The highest BCUT2D eigenvalue weighted by Crippen LogP contribution is 2.27. The molecule has 4 rings (SSSR count). The van der Waals surface area contributed by atoms with Crippen LogP contribution < -0.4 is 10.6 Å². The molecule has 0 bridgehead atoms. The Bertz CT molecular complexity index is 874. The molecule has 1 atom stereocenters. The smallest absolute Gasteiger partial charge is 0.319 e. The predicted octanol–water partition coefficient (Wildman–Crippen LogP) is 3.15. The van der Waals surface area contributed by atoms with E-state index in [1.54, 1.807) is 12.4 Å². The molecule has 1 aliphatic rings. The number of hydrogen-bond acceptors (Lipinski definition) is 3. The summed E-state index contributed by atoms with van der Waals surface area (Å²) in [6.07, 6.45) is 7.97. The summed E-state index contributed by atoms with van der Waals surface area (Å²) in [7, 11) is 0. The Morgan fingerprint density at radius 1 is 1.16 bits per heavy atom. The molecule has 2 aromatic heterocycles. The number of rotatable bonds is 3. The van der Waals surface area contributed by atoms with Crippen LogP contribution in [-0.4, -0.2) is 27.3 Å². The van der Waals surface area contributed by atoms with Gasteiger partial charge in [-0.25, -0.2) is 4.79 Å². The van der Waals surface area contributed by atoms with E-state index < -0.39 is 0 Å². The van der Waals surface area contributed by atoms with Crippen LogP contribution >= 0.6 is 0 Å². The van der Waals surface area contributed by atoms with Crippen LogP contribution in [-0.2, 0) is 12.8 Å². The Kier molecular flexibility index (Phi) is 4.16. The molecule has 126 valence electrons. The molecule has 0 spiro atoms. The molecule has 25 heavy (non-hydrogen) atoms. The van der Waals surface area contributed by atoms with Crippen LogP contribution in [0, 0.1) is 0 Å². The van der Waals surface area contributed by atoms with E-state index in [0.717, 1.165) is 36.1 Å². The lowest BCUT2D eigenvalue weighted by Gasteiger charge is -2.23. The van der Waals surface area contributed by atoms with E-state index in [4.69, 9.17) is 0 Å². The first-order valence-electron chi connectivity index (χ1n) is 8.37. The van der Waals surface area contributed by atoms with Crippen LogP contribution in [0.5, 0.6) is 0 Å². The molecule has 0 aliphatic heterocycles. The lowest BCUT2D eigenvalue weighted by atomic mass is 9.94. The minimum Gasteiger partial charge on any atom is -0.335 e. The number of aromatic nitrogens is 3. The molecule has 3 N–H and O–H groups in total. The van der Waals surface area contributed by atoms with Crippen molar-refractivity contribution in [3.63, 3.8) is 0 Å². The molecule has 0 radical (unpaired) electrons. The number of para-hydroxylation sites is 1. The molecule has 0 saturated carbocycles. The largest absolute Gasteiger partial charge is 0.335 e. The maximum atomic E-state index is 12.5. The number of carbonyl (C=O) groups is 1. The quantitative estimate of drug-likeness (QED) is 0.688. The molecule has 3 aromatic rings. The van der Waals surface area contributed by atoms with Crippen LogP contribution in [0.1, 0.15) is 17.7 Å². The number of fused-ring (bicyclic) bond motifs is 1. The van der Waals surface area contributed by atoms with Gasteiger partial charge in [0.25, 0.3) is 0 Å². The molecule has 2 amide bonds. The maximum Gasteiger partial charge on any atom is 0.319 e. The summed E-state index contributed by atoms with van der Waals surface area (Å²) in [5, 5.41) is 13.1. The van der Waals surface area contributed by atoms with Crippen LogP contribution in [0.3, 0.4) is 0 Å². The summed E-state index contributed by atoms with van der Waals surface area (Å²) in [4.78, 5) is 16.5. The van der Waals surface area contributed by atoms with Crippen molar-refractivity contribution in [3.8, 4) is 11.1 Å². The SMILES string of the molecule is O=C(Nc1ccccc1-c1ccncc1)NC1CCc2[nH]ncc2C1. The highest BCUT2D eigenvalue weighted by molar-refractivity contribution is 5.94. The third kappa shape index (κ3) is 3.38. The molecule has 6 heteroatoms. The summed E-state index contributed by atoms with van der Waals surface area (Å²) < 4.78 is 0. The van der Waals surface area contributed by atoms with E-state index in [2.05, 4.69) is 25.8 Å². The molecular weight excluding hydrogens is 314 g/mol. The monoisotopic (exact) mass is 333 g/mol. The number of nitrogens with one attached hydrogen (secondary N) is 3. The summed E-state index contributed by atoms with van der Waals surface area (Å²) in [5.74, 6) is 0. The lowest BCUT2D eigenvalue weighted by Crippen LogP contribution is -2.41. The maximum absolute atomic E-state index is 12.5. The molecule has 1 aromatic carbocycles. The van der Waals surface area contributed by atoms with Crippen molar-refractivity contribution in [1.29, 1.82) is 0 Å².